The van der Waals surface area contributed by atoms with Gasteiger partial charge in [0.15, 0.2) is 0 Å². The molecule has 1 aliphatic heterocycles. The molecule has 1 saturated heterocycles. The Morgan fingerprint density at radius 1 is 1.64 bits per heavy atom. The monoisotopic (exact) mass is 207 g/mol. The number of alkyl halides is 2. The van der Waals surface area contributed by atoms with E-state index in [0.717, 1.165) is 0 Å². The molecule has 14 heavy (non-hydrogen) atoms. The molecule has 1 fully saturated rings. The lowest BCUT2D eigenvalue weighted by Crippen LogP contribution is -2.50. The summed E-state index contributed by atoms with van der Waals surface area (Å²) in [6.07, 6.45) is 0.613. The average molecular weight is 207 g/mol. The van der Waals surface area contributed by atoms with E-state index in [1.807, 2.05) is 0 Å². The van der Waals surface area contributed by atoms with Crippen LogP contribution in [0.1, 0.15) is 26.2 Å². The van der Waals surface area contributed by atoms with Crippen LogP contribution in [0.15, 0.2) is 0 Å². The van der Waals surface area contributed by atoms with Crippen molar-refractivity contribution in [2.24, 2.45) is 0 Å². The minimum absolute atomic E-state index is 0.125. The summed E-state index contributed by atoms with van der Waals surface area (Å²) in [5, 5.41) is 8.81. The lowest BCUT2D eigenvalue weighted by atomic mass is 10.0. The van der Waals surface area contributed by atoms with Gasteiger partial charge < -0.3 is 5.11 Å². The summed E-state index contributed by atoms with van der Waals surface area (Å²) < 4.78 is 26.0. The fourth-order valence-corrected chi connectivity index (χ4v) is 1.85. The smallest absolute Gasteiger partial charge is 0.320 e. The third kappa shape index (κ3) is 2.64. The molecule has 0 aromatic heterocycles. The number of likely N-dealkylation sites (tertiary alicyclic amines) is 1. The van der Waals surface area contributed by atoms with Crippen LogP contribution in [0, 0.1) is 0 Å². The lowest BCUT2D eigenvalue weighted by Gasteiger charge is -2.35. The van der Waals surface area contributed by atoms with Crippen LogP contribution in [0.3, 0.4) is 0 Å². The highest BCUT2D eigenvalue weighted by molar-refractivity contribution is 5.73. The molecule has 1 rings (SSSR count). The summed E-state index contributed by atoms with van der Waals surface area (Å²) in [6, 6.07) is -0.763. The molecule has 0 saturated carbocycles. The number of carboxylic acid groups (broad SMARTS) is 1. The Balaban J connectivity index is 2.62. The van der Waals surface area contributed by atoms with Crippen molar-refractivity contribution >= 4 is 5.97 Å². The van der Waals surface area contributed by atoms with Crippen LogP contribution in [0.5, 0.6) is 0 Å². The second kappa shape index (κ2) is 4.21. The van der Waals surface area contributed by atoms with E-state index >= 15 is 0 Å². The quantitative estimate of drug-likeness (QED) is 0.763. The molecule has 1 aliphatic rings. The standard InChI is InChI=1S/C9H15F2NO2/c1-2-7(8(13)14)12-5-3-4-9(10,11)6-12/h7H,2-6H2,1H3,(H,13,14). The van der Waals surface area contributed by atoms with Crippen LogP contribution in [0.25, 0.3) is 0 Å². The zero-order valence-electron chi connectivity index (χ0n) is 8.17. The predicted octanol–water partition coefficient (Wildman–Crippen LogP) is 1.58. The van der Waals surface area contributed by atoms with Gasteiger partial charge in [0, 0.05) is 6.42 Å². The largest absolute Gasteiger partial charge is 0.480 e. The van der Waals surface area contributed by atoms with Crippen molar-refractivity contribution in [1.29, 1.82) is 0 Å². The highest BCUT2D eigenvalue weighted by atomic mass is 19.3. The molecule has 0 radical (unpaired) electrons. The molecular formula is C9H15F2NO2. The molecule has 1 unspecified atom stereocenters. The molecule has 0 bridgehead atoms. The number of carbonyl (C=O) groups is 1. The Morgan fingerprint density at radius 3 is 2.71 bits per heavy atom. The zero-order chi connectivity index (χ0) is 10.8. The number of rotatable bonds is 3. The molecule has 0 spiro atoms. The van der Waals surface area contributed by atoms with Gasteiger partial charge in [0.2, 0.25) is 0 Å². The van der Waals surface area contributed by atoms with Crippen molar-refractivity contribution in [2.75, 3.05) is 13.1 Å². The van der Waals surface area contributed by atoms with Crippen LogP contribution in [0.2, 0.25) is 0 Å². The Hall–Kier alpha value is -0.710. The van der Waals surface area contributed by atoms with Crippen LogP contribution in [0.4, 0.5) is 8.78 Å². The van der Waals surface area contributed by atoms with Gasteiger partial charge in [-0.2, -0.15) is 0 Å². The van der Waals surface area contributed by atoms with Crippen LogP contribution in [-0.2, 0) is 4.79 Å². The van der Waals surface area contributed by atoms with Gasteiger partial charge >= 0.3 is 5.97 Å². The molecule has 1 heterocycles. The molecule has 1 atom stereocenters. The number of halogens is 2. The lowest BCUT2D eigenvalue weighted by molar-refractivity contribution is -0.147. The normalized spacial score (nSPS) is 24.5. The highest BCUT2D eigenvalue weighted by Gasteiger charge is 2.39. The number of aliphatic carboxylic acids is 1. The van der Waals surface area contributed by atoms with E-state index in [-0.39, 0.29) is 6.42 Å². The summed E-state index contributed by atoms with van der Waals surface area (Å²) in [5.74, 6) is -3.73. The molecule has 82 valence electrons. The van der Waals surface area contributed by atoms with E-state index in [0.29, 0.717) is 19.4 Å². The predicted molar refractivity (Wildman–Crippen MR) is 47.5 cm³/mol. The van der Waals surface area contributed by atoms with Gasteiger partial charge in [-0.3, -0.25) is 9.69 Å². The molecule has 0 aliphatic carbocycles. The maximum absolute atomic E-state index is 13.0. The number of carboxylic acids is 1. The second-order valence-electron chi connectivity index (χ2n) is 3.69. The molecule has 1 N–H and O–H groups in total. The number of nitrogens with zero attached hydrogens (tertiary/aromatic N) is 1. The summed E-state index contributed by atoms with van der Waals surface area (Å²) in [6.45, 7) is 1.74. The Labute approximate surface area is 81.7 Å². The molecule has 0 amide bonds. The SMILES string of the molecule is CCC(C(=O)O)N1CCCC(F)(F)C1. The maximum Gasteiger partial charge on any atom is 0.320 e. The first kappa shape index (κ1) is 11.4. The van der Waals surface area contributed by atoms with E-state index in [9.17, 15) is 13.6 Å². The minimum Gasteiger partial charge on any atom is -0.480 e. The summed E-state index contributed by atoms with van der Waals surface area (Å²) >= 11 is 0. The van der Waals surface area contributed by atoms with Gasteiger partial charge in [0.1, 0.15) is 6.04 Å². The van der Waals surface area contributed by atoms with E-state index in [1.54, 1.807) is 6.92 Å². The topological polar surface area (TPSA) is 40.5 Å². The maximum atomic E-state index is 13.0. The Morgan fingerprint density at radius 2 is 2.29 bits per heavy atom. The van der Waals surface area contributed by atoms with Gasteiger partial charge in [0.05, 0.1) is 6.54 Å². The number of hydrogen-bond donors (Lipinski definition) is 1. The van der Waals surface area contributed by atoms with Gasteiger partial charge in [-0.1, -0.05) is 6.92 Å². The fraction of sp³-hybridized carbons (Fsp3) is 0.889. The van der Waals surface area contributed by atoms with Crippen molar-refractivity contribution in [3.63, 3.8) is 0 Å². The van der Waals surface area contributed by atoms with Crippen molar-refractivity contribution in [1.82, 2.24) is 4.90 Å². The highest BCUT2D eigenvalue weighted by Crippen LogP contribution is 2.28. The van der Waals surface area contributed by atoms with Crippen LogP contribution >= 0.6 is 0 Å². The van der Waals surface area contributed by atoms with Gasteiger partial charge in [-0.25, -0.2) is 8.78 Å². The average Bonchev–Trinajstić information content (AvgIpc) is 2.02. The second-order valence-corrected chi connectivity index (χ2v) is 3.69. The van der Waals surface area contributed by atoms with E-state index in [4.69, 9.17) is 5.11 Å². The first-order chi connectivity index (χ1) is 6.46. The van der Waals surface area contributed by atoms with Crippen molar-refractivity contribution in [2.45, 2.75) is 38.2 Å². The van der Waals surface area contributed by atoms with E-state index < -0.39 is 24.5 Å². The third-order valence-electron chi connectivity index (χ3n) is 2.53. The zero-order valence-corrected chi connectivity index (χ0v) is 8.17. The van der Waals surface area contributed by atoms with E-state index in [2.05, 4.69) is 0 Å². The molecule has 5 heteroatoms. The molecule has 3 nitrogen and oxygen atoms in total. The van der Waals surface area contributed by atoms with Crippen LogP contribution < -0.4 is 0 Å². The Bertz CT molecular complexity index is 221. The first-order valence-electron chi connectivity index (χ1n) is 4.81. The minimum atomic E-state index is -2.72. The van der Waals surface area contributed by atoms with Crippen molar-refractivity contribution in [3.8, 4) is 0 Å². The summed E-state index contributed by atoms with van der Waals surface area (Å²) in [4.78, 5) is 12.1. The molecule has 0 aromatic carbocycles. The first-order valence-corrected chi connectivity index (χ1v) is 4.81. The molecular weight excluding hydrogens is 192 g/mol. The van der Waals surface area contributed by atoms with Gasteiger partial charge in [0.25, 0.3) is 5.92 Å². The number of piperidine rings is 1. The van der Waals surface area contributed by atoms with Crippen molar-refractivity contribution in [3.05, 3.63) is 0 Å². The Kier molecular flexibility index (Phi) is 3.42. The summed E-state index contributed by atoms with van der Waals surface area (Å²) in [5.41, 5.74) is 0. The van der Waals surface area contributed by atoms with E-state index in [1.165, 1.54) is 4.90 Å². The molecule has 0 aromatic rings. The van der Waals surface area contributed by atoms with Gasteiger partial charge in [-0.15, -0.1) is 0 Å². The fourth-order valence-electron chi connectivity index (χ4n) is 1.85. The summed E-state index contributed by atoms with van der Waals surface area (Å²) in [7, 11) is 0. The van der Waals surface area contributed by atoms with Crippen LogP contribution in [-0.4, -0.2) is 41.0 Å². The van der Waals surface area contributed by atoms with Gasteiger partial charge in [-0.05, 0) is 19.4 Å². The van der Waals surface area contributed by atoms with Crippen molar-refractivity contribution < 1.29 is 18.7 Å². The third-order valence-corrected chi connectivity index (χ3v) is 2.53. The number of hydrogen-bond acceptors (Lipinski definition) is 2.